The van der Waals surface area contributed by atoms with Crippen molar-refractivity contribution in [3.05, 3.63) is 0 Å². The quantitative estimate of drug-likeness (QED) is 0.585. The van der Waals surface area contributed by atoms with Crippen LogP contribution < -0.4 is 10.6 Å². The number of nitrogens with one attached hydrogen (secondary N) is 2. The Labute approximate surface area is 89.6 Å². The Bertz CT molecular complexity index is 229. The van der Waals surface area contributed by atoms with Crippen LogP contribution in [0.2, 0.25) is 0 Å². The van der Waals surface area contributed by atoms with E-state index >= 15 is 0 Å². The van der Waals surface area contributed by atoms with Gasteiger partial charge in [0.15, 0.2) is 0 Å². The van der Waals surface area contributed by atoms with E-state index in [0.717, 1.165) is 12.7 Å². The summed E-state index contributed by atoms with van der Waals surface area (Å²) in [5.74, 6) is -0.418. The Kier molecular flexibility index (Phi) is 7.23. The molecule has 0 aliphatic rings. The van der Waals surface area contributed by atoms with Crippen LogP contribution in [-0.4, -0.2) is 31.2 Å². The van der Waals surface area contributed by atoms with Gasteiger partial charge in [-0.15, -0.1) is 0 Å². The molecule has 0 saturated carbocycles. The summed E-state index contributed by atoms with van der Waals surface area (Å²) in [6.45, 7) is 1.89. The van der Waals surface area contributed by atoms with Gasteiger partial charge in [-0.3, -0.25) is 9.59 Å². The van der Waals surface area contributed by atoms with Gasteiger partial charge in [0.05, 0.1) is 0 Å². The summed E-state index contributed by atoms with van der Waals surface area (Å²) in [5, 5.41) is 5.05. The zero-order valence-corrected chi connectivity index (χ0v) is 9.21. The summed E-state index contributed by atoms with van der Waals surface area (Å²) >= 11 is 0. The van der Waals surface area contributed by atoms with Crippen LogP contribution in [0.1, 0.15) is 32.6 Å². The van der Waals surface area contributed by atoms with E-state index in [1.165, 1.54) is 7.05 Å². The first kappa shape index (κ1) is 13.6. The molecule has 0 aromatic heterocycles. The fraction of sp³-hybridized carbons (Fsp3) is 0.700. The fourth-order valence-corrected chi connectivity index (χ4v) is 1.17. The smallest absolute Gasteiger partial charge is 0.242 e. The van der Waals surface area contributed by atoms with Gasteiger partial charge in [-0.25, -0.2) is 0 Å². The first-order valence-corrected chi connectivity index (χ1v) is 5.10. The van der Waals surface area contributed by atoms with Crippen LogP contribution >= 0.6 is 0 Å². The van der Waals surface area contributed by atoms with Crippen LogP contribution in [0.3, 0.4) is 0 Å². The Morgan fingerprint density at radius 1 is 1.40 bits per heavy atom. The lowest BCUT2D eigenvalue weighted by atomic mass is 10.1. The van der Waals surface area contributed by atoms with Crippen LogP contribution in [-0.2, 0) is 14.4 Å². The Morgan fingerprint density at radius 2 is 2.07 bits per heavy atom. The Balaban J connectivity index is 4.16. The summed E-state index contributed by atoms with van der Waals surface area (Å²) in [5.41, 5.74) is 0. The second kappa shape index (κ2) is 7.96. The monoisotopic (exact) mass is 214 g/mol. The first-order valence-electron chi connectivity index (χ1n) is 5.10. The highest BCUT2D eigenvalue weighted by molar-refractivity contribution is 5.87. The summed E-state index contributed by atoms with van der Waals surface area (Å²) in [6.07, 6.45) is 2.49. The average Bonchev–Trinajstić information content (AvgIpc) is 2.23. The molecule has 15 heavy (non-hydrogen) atoms. The molecule has 0 rings (SSSR count). The van der Waals surface area contributed by atoms with Crippen LogP contribution in [0.5, 0.6) is 0 Å². The molecule has 0 aromatic rings. The highest BCUT2D eigenvalue weighted by Crippen LogP contribution is 1.97. The Morgan fingerprint density at radius 3 is 2.53 bits per heavy atom. The standard InChI is InChI=1S/C10H18N2O3/c1-3-5-9(14)12-8(6-4-7-13)10(15)11-2/h7-8H,3-6H2,1-2H3,(H,11,15)(H,12,14). The molecule has 0 spiro atoms. The van der Waals surface area contributed by atoms with Gasteiger partial charge < -0.3 is 15.4 Å². The number of carbonyl (C=O) groups is 3. The molecule has 0 fully saturated rings. The molecule has 0 aromatic carbocycles. The molecule has 2 N–H and O–H groups in total. The third-order valence-electron chi connectivity index (χ3n) is 1.95. The zero-order valence-electron chi connectivity index (χ0n) is 9.21. The van der Waals surface area contributed by atoms with Gasteiger partial charge in [0.2, 0.25) is 11.8 Å². The van der Waals surface area contributed by atoms with Gasteiger partial charge in [-0.2, -0.15) is 0 Å². The number of hydrogen-bond donors (Lipinski definition) is 2. The average molecular weight is 214 g/mol. The van der Waals surface area contributed by atoms with Crippen molar-refractivity contribution in [2.75, 3.05) is 7.05 Å². The highest BCUT2D eigenvalue weighted by Gasteiger charge is 2.18. The van der Waals surface area contributed by atoms with Gasteiger partial charge in [0.25, 0.3) is 0 Å². The van der Waals surface area contributed by atoms with Crippen LogP contribution in [0.4, 0.5) is 0 Å². The topological polar surface area (TPSA) is 75.3 Å². The van der Waals surface area contributed by atoms with E-state index in [1.807, 2.05) is 6.92 Å². The van der Waals surface area contributed by atoms with E-state index in [4.69, 9.17) is 0 Å². The lowest BCUT2D eigenvalue weighted by molar-refractivity contribution is -0.129. The van der Waals surface area contributed by atoms with E-state index in [1.54, 1.807) is 0 Å². The molecule has 1 unspecified atom stereocenters. The van der Waals surface area contributed by atoms with E-state index in [-0.39, 0.29) is 18.2 Å². The van der Waals surface area contributed by atoms with Gasteiger partial charge in [0.1, 0.15) is 12.3 Å². The lowest BCUT2D eigenvalue weighted by Crippen LogP contribution is -2.45. The second-order valence-electron chi connectivity index (χ2n) is 3.23. The van der Waals surface area contributed by atoms with Crippen molar-refractivity contribution in [2.45, 2.75) is 38.6 Å². The Hall–Kier alpha value is -1.39. The minimum Gasteiger partial charge on any atom is -0.357 e. The summed E-state index contributed by atoms with van der Waals surface area (Å²) in [7, 11) is 1.50. The van der Waals surface area contributed by atoms with E-state index < -0.39 is 6.04 Å². The van der Waals surface area contributed by atoms with Crippen molar-refractivity contribution >= 4 is 18.1 Å². The van der Waals surface area contributed by atoms with Gasteiger partial charge in [0, 0.05) is 19.9 Å². The maximum Gasteiger partial charge on any atom is 0.242 e. The van der Waals surface area contributed by atoms with Gasteiger partial charge >= 0.3 is 0 Å². The molecule has 5 nitrogen and oxygen atoms in total. The zero-order chi connectivity index (χ0) is 11.7. The third kappa shape index (κ3) is 5.83. The minimum atomic E-state index is -0.598. The van der Waals surface area contributed by atoms with Crippen molar-refractivity contribution in [1.82, 2.24) is 10.6 Å². The number of likely N-dealkylation sites (N-methyl/N-ethyl adjacent to an activating group) is 1. The van der Waals surface area contributed by atoms with Crippen molar-refractivity contribution < 1.29 is 14.4 Å². The van der Waals surface area contributed by atoms with E-state index in [0.29, 0.717) is 12.8 Å². The molecule has 0 aliphatic carbocycles. The maximum atomic E-state index is 11.3. The molecule has 0 radical (unpaired) electrons. The number of hydrogen-bond acceptors (Lipinski definition) is 3. The van der Waals surface area contributed by atoms with Crippen LogP contribution in [0, 0.1) is 0 Å². The molecule has 0 saturated heterocycles. The van der Waals surface area contributed by atoms with E-state index in [2.05, 4.69) is 10.6 Å². The molecule has 86 valence electrons. The molecule has 5 heteroatoms. The molecule has 0 bridgehead atoms. The van der Waals surface area contributed by atoms with Crippen LogP contribution in [0.25, 0.3) is 0 Å². The van der Waals surface area contributed by atoms with Crippen LogP contribution in [0.15, 0.2) is 0 Å². The molecule has 1 atom stereocenters. The summed E-state index contributed by atoms with van der Waals surface area (Å²) < 4.78 is 0. The summed E-state index contributed by atoms with van der Waals surface area (Å²) in [6, 6.07) is -0.598. The number of amides is 2. The van der Waals surface area contributed by atoms with Gasteiger partial charge in [-0.1, -0.05) is 6.92 Å². The van der Waals surface area contributed by atoms with Crippen molar-refractivity contribution in [3.63, 3.8) is 0 Å². The lowest BCUT2D eigenvalue weighted by Gasteiger charge is -2.15. The normalized spacial score (nSPS) is 11.6. The first-order chi connectivity index (χ1) is 7.15. The number of aldehydes is 1. The van der Waals surface area contributed by atoms with Gasteiger partial charge in [-0.05, 0) is 12.8 Å². The molecule has 2 amide bonds. The maximum absolute atomic E-state index is 11.3. The molecular weight excluding hydrogens is 196 g/mol. The van der Waals surface area contributed by atoms with Crippen molar-refractivity contribution in [3.8, 4) is 0 Å². The number of rotatable bonds is 7. The van der Waals surface area contributed by atoms with Crippen molar-refractivity contribution in [2.24, 2.45) is 0 Å². The number of carbonyl (C=O) groups excluding carboxylic acids is 3. The molecule has 0 aliphatic heterocycles. The molecular formula is C10H18N2O3. The van der Waals surface area contributed by atoms with Crippen molar-refractivity contribution in [1.29, 1.82) is 0 Å². The third-order valence-corrected chi connectivity index (χ3v) is 1.95. The SMILES string of the molecule is CCCC(=O)NC(CCC=O)C(=O)NC. The fourth-order valence-electron chi connectivity index (χ4n) is 1.17. The second-order valence-corrected chi connectivity index (χ2v) is 3.23. The summed E-state index contributed by atoms with van der Waals surface area (Å²) in [4.78, 5) is 32.8. The minimum absolute atomic E-state index is 0.156. The largest absolute Gasteiger partial charge is 0.357 e. The predicted octanol–water partition coefficient (Wildman–Crippen LogP) is -0.00360. The van der Waals surface area contributed by atoms with E-state index in [9.17, 15) is 14.4 Å². The highest BCUT2D eigenvalue weighted by atomic mass is 16.2. The molecule has 0 heterocycles. The predicted molar refractivity (Wildman–Crippen MR) is 56.2 cm³/mol.